The first kappa shape index (κ1) is 7.86. The fourth-order valence-corrected chi connectivity index (χ4v) is 4.23. The number of hydrogen-bond donors (Lipinski definition) is 0. The molecule has 1 aliphatic heterocycles. The Morgan fingerprint density at radius 3 is 3.09 bits per heavy atom. The number of hydrogen-bond acceptors (Lipinski definition) is 3. The predicted octanol–water partition coefficient (Wildman–Crippen LogP) is 4.34. The van der Waals surface area contributed by atoms with Crippen molar-refractivity contribution in [2.75, 3.05) is 0 Å². The van der Waals surface area contributed by atoms with Gasteiger partial charge in [0.15, 0.2) is 10.3 Å². The minimum absolute atomic E-state index is 1.35. The van der Waals surface area contributed by atoms with Gasteiger partial charge in [0.1, 0.15) is 0 Å². The third-order valence-electron chi connectivity index (χ3n) is 1.15. The third-order valence-corrected chi connectivity index (χ3v) is 5.13. The summed E-state index contributed by atoms with van der Waals surface area (Å²) in [7, 11) is 7.20. The molecule has 0 saturated heterocycles. The Morgan fingerprint density at radius 2 is 2.45 bits per heavy atom. The van der Waals surface area contributed by atoms with Crippen LogP contribution in [0.2, 0.25) is 0 Å². The molecular formula is C7H5S4+. The van der Waals surface area contributed by atoms with Gasteiger partial charge in [-0.1, -0.05) is 21.6 Å². The first-order valence-electron chi connectivity index (χ1n) is 3.03. The molecule has 2 rings (SSSR count). The molecule has 4 heteroatoms. The van der Waals surface area contributed by atoms with Gasteiger partial charge in [-0.3, -0.25) is 0 Å². The van der Waals surface area contributed by atoms with Crippen molar-refractivity contribution in [3.8, 4) is 0 Å². The molecule has 0 saturated carbocycles. The number of rotatable bonds is 1. The summed E-state index contributed by atoms with van der Waals surface area (Å²) >= 11 is 0. The molecule has 1 aromatic rings. The molecule has 1 aliphatic rings. The smallest absolute Gasteiger partial charge is 0.0605 e. The second-order valence-corrected chi connectivity index (χ2v) is 6.27. The molecule has 0 N–H and O–H groups in total. The van der Waals surface area contributed by atoms with Crippen LogP contribution in [0.25, 0.3) is 6.08 Å². The van der Waals surface area contributed by atoms with E-state index in [0.29, 0.717) is 0 Å². The highest BCUT2D eigenvalue weighted by atomic mass is 33.1. The van der Waals surface area contributed by atoms with Gasteiger partial charge in [0.05, 0.1) is 4.88 Å². The predicted molar refractivity (Wildman–Crippen MR) is 58.9 cm³/mol. The van der Waals surface area contributed by atoms with Crippen LogP contribution in [0, 0.1) is 0 Å². The maximum atomic E-state index is 2.22. The van der Waals surface area contributed by atoms with Gasteiger partial charge < -0.3 is 0 Å². The van der Waals surface area contributed by atoms with E-state index in [4.69, 9.17) is 0 Å². The van der Waals surface area contributed by atoms with Crippen LogP contribution in [-0.4, -0.2) is 0 Å². The molecule has 0 spiro atoms. The molecule has 1 aromatic heterocycles. The van der Waals surface area contributed by atoms with Crippen molar-refractivity contribution in [3.05, 3.63) is 32.7 Å². The van der Waals surface area contributed by atoms with E-state index >= 15 is 0 Å². The summed E-state index contributed by atoms with van der Waals surface area (Å²) in [6, 6.07) is 2.15. The topological polar surface area (TPSA) is 0 Å². The second kappa shape index (κ2) is 3.76. The average molecular weight is 217 g/mol. The van der Waals surface area contributed by atoms with Gasteiger partial charge in [-0.25, -0.2) is 0 Å². The molecule has 0 unspecified atom stereocenters. The molecule has 0 atom stereocenters. The summed E-state index contributed by atoms with van der Waals surface area (Å²) in [5.74, 6) is 0. The van der Waals surface area contributed by atoms with Crippen LogP contribution in [0.3, 0.4) is 0 Å². The minimum Gasteiger partial charge on any atom is -0.0605 e. The molecule has 2 heterocycles. The van der Waals surface area contributed by atoms with Crippen molar-refractivity contribution < 1.29 is 0 Å². The van der Waals surface area contributed by atoms with E-state index in [1.807, 2.05) is 21.1 Å². The Hall–Kier alpha value is 0.230. The molecule has 0 aromatic carbocycles. The SMILES string of the molecule is C1=C/C(=C/c2cc[s+]s2)SS1. The van der Waals surface area contributed by atoms with E-state index in [1.165, 1.54) is 9.78 Å². The van der Waals surface area contributed by atoms with Crippen LogP contribution < -0.4 is 0 Å². The van der Waals surface area contributed by atoms with Crippen molar-refractivity contribution in [2.45, 2.75) is 0 Å². The Balaban J connectivity index is 2.20. The third kappa shape index (κ3) is 2.08. The van der Waals surface area contributed by atoms with E-state index in [0.717, 1.165) is 0 Å². The van der Waals surface area contributed by atoms with Crippen molar-refractivity contribution in [1.29, 1.82) is 0 Å². The largest absolute Gasteiger partial charge is 0.292 e. The molecule has 56 valence electrons. The van der Waals surface area contributed by atoms with Gasteiger partial charge in [-0.15, -0.1) is 0 Å². The standard InChI is InChI=1S/C7H5S4/c1-3-8-10-6(1)5-7-2-4-9-11-7/h1-5H/q+1. The lowest BCUT2D eigenvalue weighted by Crippen LogP contribution is -1.60. The maximum absolute atomic E-state index is 2.22. The molecule has 0 amide bonds. The Morgan fingerprint density at radius 1 is 1.45 bits per heavy atom. The lowest BCUT2D eigenvalue weighted by molar-refractivity contribution is 1.95. The van der Waals surface area contributed by atoms with Gasteiger partial charge >= 0.3 is 0 Å². The second-order valence-electron chi connectivity index (χ2n) is 1.91. The summed E-state index contributed by atoms with van der Waals surface area (Å²) in [6.07, 6.45) is 4.38. The molecule has 0 bridgehead atoms. The summed E-state index contributed by atoms with van der Waals surface area (Å²) in [5, 5.41) is 4.24. The van der Waals surface area contributed by atoms with Crippen LogP contribution in [0.15, 0.2) is 27.8 Å². The average Bonchev–Trinajstić information content (AvgIpc) is 2.60. The van der Waals surface area contributed by atoms with Crippen LogP contribution in [0.4, 0.5) is 0 Å². The minimum atomic E-state index is 1.35. The monoisotopic (exact) mass is 217 g/mol. The lowest BCUT2D eigenvalue weighted by Gasteiger charge is -1.85. The first-order valence-corrected chi connectivity index (χ1v) is 7.46. The van der Waals surface area contributed by atoms with Gasteiger partial charge in [-0.05, 0) is 17.6 Å². The summed E-state index contributed by atoms with van der Waals surface area (Å²) in [4.78, 5) is 2.70. The van der Waals surface area contributed by atoms with E-state index in [9.17, 15) is 0 Å². The van der Waals surface area contributed by atoms with Crippen molar-refractivity contribution in [2.24, 2.45) is 0 Å². The van der Waals surface area contributed by atoms with E-state index < -0.39 is 0 Å². The molecular weight excluding hydrogens is 212 g/mol. The molecule has 0 fully saturated rings. The van der Waals surface area contributed by atoms with Gasteiger partial charge in [-0.2, -0.15) is 0 Å². The zero-order chi connectivity index (χ0) is 7.52. The Labute approximate surface area is 80.8 Å². The van der Waals surface area contributed by atoms with Gasteiger partial charge in [0.25, 0.3) is 10.3 Å². The van der Waals surface area contributed by atoms with Crippen LogP contribution in [0.1, 0.15) is 4.88 Å². The lowest BCUT2D eigenvalue weighted by atomic mass is 10.4. The first-order chi connectivity index (χ1) is 5.45. The van der Waals surface area contributed by atoms with Crippen molar-refractivity contribution in [1.82, 2.24) is 0 Å². The fourth-order valence-electron chi connectivity index (χ4n) is 0.696. The molecule has 0 aliphatic carbocycles. The van der Waals surface area contributed by atoms with Gasteiger partial charge in [0.2, 0.25) is 5.38 Å². The fraction of sp³-hybridized carbons (Fsp3) is 0. The van der Waals surface area contributed by atoms with E-state index in [-0.39, 0.29) is 0 Å². The van der Waals surface area contributed by atoms with E-state index in [2.05, 4.69) is 29.0 Å². The highest BCUT2D eigenvalue weighted by molar-refractivity contribution is 8.79. The highest BCUT2D eigenvalue weighted by Crippen LogP contribution is 2.40. The zero-order valence-corrected chi connectivity index (χ0v) is 8.79. The highest BCUT2D eigenvalue weighted by Gasteiger charge is 2.04. The van der Waals surface area contributed by atoms with E-state index in [1.54, 1.807) is 21.1 Å². The van der Waals surface area contributed by atoms with Crippen LogP contribution in [-0.2, 0) is 0 Å². The summed E-state index contributed by atoms with van der Waals surface area (Å²) in [5.41, 5.74) is 0. The molecule has 0 radical (unpaired) electrons. The zero-order valence-electron chi connectivity index (χ0n) is 5.52. The Kier molecular flexibility index (Phi) is 2.68. The summed E-state index contributed by atoms with van der Waals surface area (Å²) in [6.45, 7) is 0. The summed E-state index contributed by atoms with van der Waals surface area (Å²) < 4.78 is 0. The molecule has 0 nitrogen and oxygen atoms in total. The van der Waals surface area contributed by atoms with Crippen LogP contribution >= 0.6 is 42.3 Å². The normalized spacial score (nSPS) is 19.8. The van der Waals surface area contributed by atoms with Crippen LogP contribution in [0.5, 0.6) is 0 Å². The quantitative estimate of drug-likeness (QED) is 0.507. The molecule has 11 heavy (non-hydrogen) atoms. The van der Waals surface area contributed by atoms with Gasteiger partial charge in [0, 0.05) is 11.0 Å². The van der Waals surface area contributed by atoms with Crippen molar-refractivity contribution in [3.63, 3.8) is 0 Å². The number of allylic oxidation sites excluding steroid dienone is 1. The van der Waals surface area contributed by atoms with Crippen molar-refractivity contribution >= 4 is 48.3 Å². The maximum Gasteiger partial charge on any atom is 0.292 e. The Bertz CT molecular complexity index is 283.